The van der Waals surface area contributed by atoms with Crippen LogP contribution < -0.4 is 10.7 Å². The number of nitrogens with zero attached hydrogens (tertiary/aromatic N) is 1. The van der Waals surface area contributed by atoms with Crippen LogP contribution in [0.2, 0.25) is 0 Å². The van der Waals surface area contributed by atoms with Crippen LogP contribution >= 0.6 is 0 Å². The van der Waals surface area contributed by atoms with Crippen molar-refractivity contribution in [2.24, 2.45) is 0 Å². The molecule has 0 heterocycles. The van der Waals surface area contributed by atoms with Crippen LogP contribution in [0.3, 0.4) is 0 Å². The first-order chi connectivity index (χ1) is 11.4. The molecule has 0 spiro atoms. The summed E-state index contributed by atoms with van der Waals surface area (Å²) < 4.78 is 5.23. The van der Waals surface area contributed by atoms with E-state index in [1.165, 1.54) is 10.6 Å². The van der Waals surface area contributed by atoms with Crippen LogP contribution in [0.15, 0.2) is 24.3 Å². The van der Waals surface area contributed by atoms with Gasteiger partial charge in [0.15, 0.2) is 0 Å². The third kappa shape index (κ3) is 7.45. The summed E-state index contributed by atoms with van der Waals surface area (Å²) in [5.41, 5.74) is 4.06. The van der Waals surface area contributed by atoms with E-state index in [2.05, 4.69) is 31.5 Å². The molecule has 25 heavy (non-hydrogen) atoms. The van der Waals surface area contributed by atoms with Crippen LogP contribution in [0.25, 0.3) is 0 Å². The molecule has 0 saturated heterocycles. The summed E-state index contributed by atoms with van der Waals surface area (Å²) in [4.78, 5) is 24.2. The number of rotatable bonds is 3. The molecule has 3 amide bonds. The van der Waals surface area contributed by atoms with Crippen LogP contribution in [0, 0.1) is 0 Å². The van der Waals surface area contributed by atoms with E-state index in [0.29, 0.717) is 6.54 Å². The van der Waals surface area contributed by atoms with Gasteiger partial charge in [0.1, 0.15) is 5.60 Å². The first kappa shape index (κ1) is 20.8. The average Bonchev–Trinajstić information content (AvgIpc) is 2.44. The fourth-order valence-electron chi connectivity index (χ4n) is 2.11. The van der Waals surface area contributed by atoms with Crippen molar-refractivity contribution in [3.8, 4) is 0 Å². The van der Waals surface area contributed by atoms with Crippen LogP contribution in [0.4, 0.5) is 9.59 Å². The molecule has 0 saturated carbocycles. The summed E-state index contributed by atoms with van der Waals surface area (Å²) >= 11 is 0. The molecule has 1 aromatic rings. The van der Waals surface area contributed by atoms with Gasteiger partial charge in [-0.2, -0.15) is 0 Å². The molecule has 0 aliphatic rings. The Morgan fingerprint density at radius 1 is 1.04 bits per heavy atom. The summed E-state index contributed by atoms with van der Waals surface area (Å²) in [5, 5.41) is 3.91. The zero-order valence-electron chi connectivity index (χ0n) is 16.4. The second-order valence-electron chi connectivity index (χ2n) is 7.98. The number of amides is 3. The second kappa shape index (κ2) is 8.23. The molecule has 6 nitrogen and oxygen atoms in total. The highest BCUT2D eigenvalue weighted by molar-refractivity contribution is 5.77. The van der Waals surface area contributed by atoms with Gasteiger partial charge in [-0.15, -0.1) is 0 Å². The first-order valence-electron chi connectivity index (χ1n) is 8.57. The van der Waals surface area contributed by atoms with Crippen molar-refractivity contribution < 1.29 is 14.3 Å². The number of urea groups is 1. The minimum atomic E-state index is -0.662. The molecule has 0 atom stereocenters. The number of carbonyl (C=O) groups excluding carboxylic acids is 2. The maximum atomic E-state index is 12.2. The highest BCUT2D eigenvalue weighted by Gasteiger charge is 2.21. The summed E-state index contributed by atoms with van der Waals surface area (Å²) in [6, 6.07) is 7.62. The number of hydrogen-bond donors (Lipinski definition) is 2. The molecule has 0 unspecified atom stereocenters. The van der Waals surface area contributed by atoms with Gasteiger partial charge in [0, 0.05) is 6.54 Å². The molecule has 1 aromatic carbocycles. The lowest BCUT2D eigenvalue weighted by Crippen LogP contribution is -2.51. The Morgan fingerprint density at radius 2 is 1.60 bits per heavy atom. The van der Waals surface area contributed by atoms with E-state index in [0.717, 1.165) is 5.56 Å². The van der Waals surface area contributed by atoms with Crippen molar-refractivity contribution in [1.82, 2.24) is 15.8 Å². The summed E-state index contributed by atoms with van der Waals surface area (Å²) in [5.74, 6) is 0. The third-order valence-electron chi connectivity index (χ3n) is 3.36. The lowest BCUT2D eigenvalue weighted by atomic mass is 9.87. The van der Waals surface area contributed by atoms with E-state index in [-0.39, 0.29) is 18.0 Å². The maximum absolute atomic E-state index is 12.2. The third-order valence-corrected chi connectivity index (χ3v) is 3.36. The van der Waals surface area contributed by atoms with Gasteiger partial charge in [-0.3, -0.25) is 0 Å². The molecule has 0 aliphatic heterocycles. The predicted molar refractivity (Wildman–Crippen MR) is 99.1 cm³/mol. The Morgan fingerprint density at radius 3 is 2.04 bits per heavy atom. The van der Waals surface area contributed by atoms with Crippen LogP contribution in [-0.2, 0) is 16.7 Å². The van der Waals surface area contributed by atoms with Crippen LogP contribution in [0.5, 0.6) is 0 Å². The zero-order valence-corrected chi connectivity index (χ0v) is 16.4. The number of hydrogen-bond acceptors (Lipinski definition) is 3. The van der Waals surface area contributed by atoms with Gasteiger partial charge in [-0.1, -0.05) is 45.0 Å². The number of benzene rings is 1. The van der Waals surface area contributed by atoms with Gasteiger partial charge in [-0.05, 0) is 44.2 Å². The molecule has 0 radical (unpaired) electrons. The molecule has 6 heteroatoms. The quantitative estimate of drug-likeness (QED) is 0.812. The van der Waals surface area contributed by atoms with Crippen molar-refractivity contribution in [1.29, 1.82) is 0 Å². The van der Waals surface area contributed by atoms with Gasteiger partial charge in [-0.25, -0.2) is 20.0 Å². The Kier molecular flexibility index (Phi) is 6.85. The fraction of sp³-hybridized carbons (Fsp3) is 0.579. The van der Waals surface area contributed by atoms with Crippen molar-refractivity contribution in [3.63, 3.8) is 0 Å². The number of nitrogens with one attached hydrogen (secondary N) is 2. The van der Waals surface area contributed by atoms with E-state index in [1.54, 1.807) is 20.8 Å². The van der Waals surface area contributed by atoms with E-state index in [4.69, 9.17) is 4.74 Å². The summed E-state index contributed by atoms with van der Waals surface area (Å²) in [6.07, 6.45) is -0.662. The molecular weight excluding hydrogens is 318 g/mol. The second-order valence-corrected chi connectivity index (χ2v) is 7.98. The monoisotopic (exact) mass is 349 g/mol. The minimum absolute atomic E-state index is 0.0621. The van der Waals surface area contributed by atoms with Crippen molar-refractivity contribution in [2.75, 3.05) is 6.54 Å². The first-order valence-corrected chi connectivity index (χ1v) is 8.57. The van der Waals surface area contributed by atoms with Crippen molar-refractivity contribution >= 4 is 12.1 Å². The molecule has 0 aliphatic carbocycles. The maximum Gasteiger partial charge on any atom is 0.426 e. The van der Waals surface area contributed by atoms with Gasteiger partial charge in [0.05, 0.1) is 6.54 Å². The largest absolute Gasteiger partial charge is 0.443 e. The average molecular weight is 349 g/mol. The topological polar surface area (TPSA) is 70.7 Å². The Balaban J connectivity index is 2.86. The predicted octanol–water partition coefficient (Wildman–Crippen LogP) is 3.96. The summed E-state index contributed by atoms with van der Waals surface area (Å²) in [7, 11) is 0. The highest BCUT2D eigenvalue weighted by atomic mass is 16.6. The molecule has 1 rings (SSSR count). The van der Waals surface area contributed by atoms with E-state index >= 15 is 0 Å². The lowest BCUT2D eigenvalue weighted by molar-refractivity contribution is 0.0369. The van der Waals surface area contributed by atoms with Gasteiger partial charge in [0.2, 0.25) is 0 Å². The molecular formula is C19H31N3O3. The normalized spacial score (nSPS) is 11.6. The summed E-state index contributed by atoms with van der Waals surface area (Å²) in [6.45, 7) is 14.3. The number of hydrazine groups is 1. The molecule has 0 bridgehead atoms. The van der Waals surface area contributed by atoms with Gasteiger partial charge >= 0.3 is 12.1 Å². The SMILES string of the molecule is CCNC(=O)N(Cc1ccc(C(C)(C)C)cc1)NC(=O)OC(C)(C)C. The highest BCUT2D eigenvalue weighted by Crippen LogP contribution is 2.22. The Hall–Kier alpha value is -2.24. The molecule has 0 aromatic heterocycles. The van der Waals surface area contributed by atoms with E-state index in [9.17, 15) is 9.59 Å². The van der Waals surface area contributed by atoms with E-state index < -0.39 is 11.7 Å². The zero-order chi connectivity index (χ0) is 19.3. The van der Waals surface area contributed by atoms with Gasteiger partial charge in [0.25, 0.3) is 0 Å². The number of ether oxygens (including phenoxy) is 1. The minimum Gasteiger partial charge on any atom is -0.443 e. The van der Waals surface area contributed by atoms with E-state index in [1.807, 2.05) is 31.2 Å². The standard InChI is InChI=1S/C19H31N3O3/c1-8-20-16(23)22(21-17(24)25-19(5,6)7)13-14-9-11-15(12-10-14)18(2,3)4/h9-12H,8,13H2,1-7H3,(H,20,23)(H,21,24). The van der Waals surface area contributed by atoms with Crippen molar-refractivity contribution in [3.05, 3.63) is 35.4 Å². The molecule has 0 fully saturated rings. The van der Waals surface area contributed by atoms with Crippen LogP contribution in [0.1, 0.15) is 59.6 Å². The Labute approximate surface area is 150 Å². The smallest absolute Gasteiger partial charge is 0.426 e. The van der Waals surface area contributed by atoms with Crippen LogP contribution in [-0.4, -0.2) is 29.3 Å². The lowest BCUT2D eigenvalue weighted by Gasteiger charge is -2.26. The Bertz CT molecular complexity index is 583. The van der Waals surface area contributed by atoms with Crippen molar-refractivity contribution in [2.45, 2.75) is 66.0 Å². The molecule has 2 N–H and O–H groups in total. The fourth-order valence-corrected chi connectivity index (χ4v) is 2.11. The number of carbonyl (C=O) groups is 2. The molecule has 140 valence electrons. The van der Waals surface area contributed by atoms with Gasteiger partial charge < -0.3 is 10.1 Å².